The van der Waals surface area contributed by atoms with Gasteiger partial charge in [0.25, 0.3) is 0 Å². The molecule has 1 saturated heterocycles. The molecule has 0 spiro atoms. The molecule has 18 heavy (non-hydrogen) atoms. The Balaban J connectivity index is 2.31. The van der Waals surface area contributed by atoms with Crippen molar-refractivity contribution in [1.29, 1.82) is 0 Å². The molecule has 1 N–H and O–H groups in total. The van der Waals surface area contributed by atoms with Gasteiger partial charge in [-0.1, -0.05) is 19.9 Å². The van der Waals surface area contributed by atoms with Crippen LogP contribution in [0, 0.1) is 0 Å². The van der Waals surface area contributed by atoms with Crippen LogP contribution in [-0.2, 0) is 16.1 Å². The Kier molecular flexibility index (Phi) is 3.71. The summed E-state index contributed by atoms with van der Waals surface area (Å²) in [5.41, 5.74) is -0.681. The van der Waals surface area contributed by atoms with Crippen molar-refractivity contribution in [3.8, 4) is 0 Å². The largest absolute Gasteiger partial charge is 0.345 e. The minimum absolute atomic E-state index is 0.00620. The topological polar surface area (TPSA) is 49.4 Å². The number of nitrogens with one attached hydrogen (secondary N) is 1. The first kappa shape index (κ1) is 13.1. The van der Waals surface area contributed by atoms with Crippen LogP contribution in [0.3, 0.4) is 0 Å². The number of hydrogen-bond donors (Lipinski definition) is 1. The number of amides is 2. The molecule has 2 amide bonds. The fraction of sp³-hybridized carbons (Fsp3) is 0.538. The highest BCUT2D eigenvalue weighted by Crippen LogP contribution is 2.29. The molecule has 0 atom stereocenters. The number of nitrogens with zero attached hydrogens (tertiary/aromatic N) is 1. The maximum atomic E-state index is 12.2. The molecule has 2 rings (SSSR count). The van der Waals surface area contributed by atoms with E-state index in [9.17, 15) is 9.59 Å². The highest BCUT2D eigenvalue weighted by Gasteiger charge is 2.46. The third-order valence-electron chi connectivity index (χ3n) is 3.70. The number of carbonyl (C=O) groups is 2. The van der Waals surface area contributed by atoms with E-state index in [1.165, 1.54) is 0 Å². The molecule has 5 heteroatoms. The molecule has 98 valence electrons. The Morgan fingerprint density at radius 3 is 2.67 bits per heavy atom. The summed E-state index contributed by atoms with van der Waals surface area (Å²) in [5, 5.41) is 4.70. The Labute approximate surface area is 111 Å². The highest BCUT2D eigenvalue weighted by atomic mass is 32.1. The lowest BCUT2D eigenvalue weighted by Crippen LogP contribution is -2.66. The molecule has 0 radical (unpaired) electrons. The summed E-state index contributed by atoms with van der Waals surface area (Å²) in [4.78, 5) is 27.1. The first-order valence-electron chi connectivity index (χ1n) is 6.25. The first-order valence-corrected chi connectivity index (χ1v) is 7.13. The molecule has 1 aromatic rings. The van der Waals surface area contributed by atoms with Gasteiger partial charge in [-0.3, -0.25) is 9.59 Å². The van der Waals surface area contributed by atoms with E-state index in [-0.39, 0.29) is 18.4 Å². The van der Waals surface area contributed by atoms with Crippen LogP contribution in [-0.4, -0.2) is 28.8 Å². The van der Waals surface area contributed by atoms with Crippen LogP contribution in [0.2, 0.25) is 0 Å². The number of piperazine rings is 1. The molecule has 0 unspecified atom stereocenters. The van der Waals surface area contributed by atoms with Gasteiger partial charge in [0.15, 0.2) is 0 Å². The van der Waals surface area contributed by atoms with Crippen molar-refractivity contribution in [3.05, 3.63) is 22.4 Å². The van der Waals surface area contributed by atoms with Gasteiger partial charge in [0.1, 0.15) is 5.54 Å². The molecular weight excluding hydrogens is 248 g/mol. The van der Waals surface area contributed by atoms with Gasteiger partial charge in [-0.25, -0.2) is 0 Å². The van der Waals surface area contributed by atoms with Crippen LogP contribution in [0.15, 0.2) is 17.5 Å². The van der Waals surface area contributed by atoms with E-state index in [2.05, 4.69) is 5.32 Å². The van der Waals surface area contributed by atoms with Gasteiger partial charge in [-0.05, 0) is 24.3 Å². The predicted molar refractivity (Wildman–Crippen MR) is 71.2 cm³/mol. The molecular formula is C13H18N2O2S. The van der Waals surface area contributed by atoms with E-state index in [4.69, 9.17) is 0 Å². The van der Waals surface area contributed by atoms with Crippen molar-refractivity contribution in [2.24, 2.45) is 0 Å². The van der Waals surface area contributed by atoms with Crippen molar-refractivity contribution in [2.45, 2.75) is 38.8 Å². The van der Waals surface area contributed by atoms with E-state index >= 15 is 0 Å². The standard InChI is InChI=1S/C13H18N2O2S/c1-3-13(4-2)12(17)14-8-11(16)15(13)9-10-6-5-7-18-10/h5-7H,3-4,8-9H2,1-2H3,(H,14,17). The normalized spacial score (nSPS) is 18.9. The average molecular weight is 266 g/mol. The summed E-state index contributed by atoms with van der Waals surface area (Å²) in [6.45, 7) is 4.57. The third-order valence-corrected chi connectivity index (χ3v) is 4.57. The summed E-state index contributed by atoms with van der Waals surface area (Å²) in [5.74, 6) is -0.0182. The van der Waals surface area contributed by atoms with Crippen LogP contribution in [0.25, 0.3) is 0 Å². The van der Waals surface area contributed by atoms with E-state index in [1.54, 1.807) is 16.2 Å². The summed E-state index contributed by atoms with van der Waals surface area (Å²) in [6, 6.07) is 3.97. The molecule has 4 nitrogen and oxygen atoms in total. The molecule has 1 fully saturated rings. The first-order chi connectivity index (χ1) is 8.64. The van der Waals surface area contributed by atoms with Crippen LogP contribution < -0.4 is 5.32 Å². The van der Waals surface area contributed by atoms with Gasteiger partial charge in [-0.15, -0.1) is 11.3 Å². The maximum Gasteiger partial charge on any atom is 0.246 e. The van der Waals surface area contributed by atoms with Gasteiger partial charge in [0, 0.05) is 4.88 Å². The number of hydrogen-bond acceptors (Lipinski definition) is 3. The number of thiophene rings is 1. The monoisotopic (exact) mass is 266 g/mol. The van der Waals surface area contributed by atoms with Crippen molar-refractivity contribution in [1.82, 2.24) is 10.2 Å². The lowest BCUT2D eigenvalue weighted by molar-refractivity contribution is -0.155. The minimum atomic E-state index is -0.681. The second-order valence-corrected chi connectivity index (χ2v) is 5.51. The third kappa shape index (κ3) is 2.03. The average Bonchev–Trinajstić information content (AvgIpc) is 2.88. The Morgan fingerprint density at radius 1 is 1.39 bits per heavy atom. The molecule has 0 aliphatic carbocycles. The van der Waals surface area contributed by atoms with Crippen LogP contribution in [0.1, 0.15) is 31.6 Å². The van der Waals surface area contributed by atoms with E-state index in [0.717, 1.165) is 4.88 Å². The molecule has 1 aliphatic heterocycles. The van der Waals surface area contributed by atoms with Gasteiger partial charge < -0.3 is 10.2 Å². The van der Waals surface area contributed by atoms with E-state index in [0.29, 0.717) is 19.4 Å². The van der Waals surface area contributed by atoms with Gasteiger partial charge in [0.05, 0.1) is 13.1 Å². The molecule has 2 heterocycles. The van der Waals surface area contributed by atoms with Gasteiger partial charge in [0.2, 0.25) is 11.8 Å². The maximum absolute atomic E-state index is 12.2. The summed E-state index contributed by atoms with van der Waals surface area (Å²) in [7, 11) is 0. The van der Waals surface area contributed by atoms with Crippen molar-refractivity contribution < 1.29 is 9.59 Å². The molecule has 1 aliphatic rings. The quantitative estimate of drug-likeness (QED) is 0.903. The Bertz CT molecular complexity index is 438. The van der Waals surface area contributed by atoms with Crippen molar-refractivity contribution >= 4 is 23.2 Å². The zero-order chi connectivity index (χ0) is 13.2. The zero-order valence-corrected chi connectivity index (χ0v) is 11.5. The summed E-state index contributed by atoms with van der Waals surface area (Å²) < 4.78 is 0. The molecule has 0 saturated carbocycles. The Morgan fingerprint density at radius 2 is 2.11 bits per heavy atom. The van der Waals surface area contributed by atoms with E-state index < -0.39 is 5.54 Å². The number of carbonyl (C=O) groups excluding carboxylic acids is 2. The van der Waals surface area contributed by atoms with E-state index in [1.807, 2.05) is 31.4 Å². The van der Waals surface area contributed by atoms with Crippen LogP contribution in [0.4, 0.5) is 0 Å². The fourth-order valence-corrected chi connectivity index (χ4v) is 3.22. The van der Waals surface area contributed by atoms with Crippen LogP contribution in [0.5, 0.6) is 0 Å². The van der Waals surface area contributed by atoms with Crippen molar-refractivity contribution in [2.75, 3.05) is 6.54 Å². The predicted octanol–water partition coefficient (Wildman–Crippen LogP) is 1.77. The Hall–Kier alpha value is -1.36. The van der Waals surface area contributed by atoms with Gasteiger partial charge in [-0.2, -0.15) is 0 Å². The minimum Gasteiger partial charge on any atom is -0.345 e. The summed E-state index contributed by atoms with van der Waals surface area (Å²) >= 11 is 1.62. The molecule has 0 aromatic carbocycles. The second-order valence-electron chi connectivity index (χ2n) is 4.48. The lowest BCUT2D eigenvalue weighted by Gasteiger charge is -2.44. The zero-order valence-electron chi connectivity index (χ0n) is 10.7. The fourth-order valence-electron chi connectivity index (χ4n) is 2.53. The summed E-state index contributed by atoms with van der Waals surface area (Å²) in [6.07, 6.45) is 1.29. The van der Waals surface area contributed by atoms with Gasteiger partial charge >= 0.3 is 0 Å². The SMILES string of the molecule is CCC1(CC)C(=O)NCC(=O)N1Cc1cccs1. The smallest absolute Gasteiger partial charge is 0.246 e. The van der Waals surface area contributed by atoms with Crippen LogP contribution >= 0.6 is 11.3 Å². The molecule has 0 bridgehead atoms. The number of rotatable bonds is 4. The lowest BCUT2D eigenvalue weighted by atomic mass is 9.87. The molecule has 1 aromatic heterocycles. The highest BCUT2D eigenvalue weighted by molar-refractivity contribution is 7.09. The second kappa shape index (κ2) is 5.10. The van der Waals surface area contributed by atoms with Crippen molar-refractivity contribution in [3.63, 3.8) is 0 Å².